The molecule has 0 bridgehead atoms. The lowest BCUT2D eigenvalue weighted by atomic mass is 10.0. The summed E-state index contributed by atoms with van der Waals surface area (Å²) in [5.74, 6) is -1.32. The van der Waals surface area contributed by atoms with Gasteiger partial charge in [-0.05, 0) is 33.6 Å². The summed E-state index contributed by atoms with van der Waals surface area (Å²) in [5, 5.41) is 10.5. The van der Waals surface area contributed by atoms with Crippen molar-refractivity contribution in [1.82, 2.24) is 0 Å². The fraction of sp³-hybridized carbons (Fsp3) is 0.143. The highest BCUT2D eigenvalue weighted by Crippen LogP contribution is 2.32. The zero-order valence-electron chi connectivity index (χ0n) is 9.71. The Bertz CT molecular complexity index is 604. The van der Waals surface area contributed by atoms with E-state index in [0.717, 1.165) is 12.1 Å². The summed E-state index contributed by atoms with van der Waals surface area (Å²) in [7, 11) is 0. The summed E-state index contributed by atoms with van der Waals surface area (Å²) < 4.78 is 27.0. The Balaban J connectivity index is 2.25. The van der Waals surface area contributed by atoms with Crippen LogP contribution in [0.3, 0.4) is 0 Å². The molecule has 2 aromatic rings. The van der Waals surface area contributed by atoms with Gasteiger partial charge in [0.2, 0.25) is 0 Å². The lowest BCUT2D eigenvalue weighted by Crippen LogP contribution is -2.04. The summed E-state index contributed by atoms with van der Waals surface area (Å²) in [6.45, 7) is 0. The first-order valence-corrected chi connectivity index (χ1v) is 6.72. The van der Waals surface area contributed by atoms with Crippen molar-refractivity contribution in [3.05, 3.63) is 68.7 Å². The van der Waals surface area contributed by atoms with E-state index < -0.39 is 17.7 Å². The third-order valence-electron chi connectivity index (χ3n) is 2.77. The summed E-state index contributed by atoms with van der Waals surface area (Å²) in [6, 6.07) is 8.42. The molecular weight excluding hydrogens is 338 g/mol. The number of benzene rings is 2. The topological polar surface area (TPSA) is 20.2 Å². The summed E-state index contributed by atoms with van der Waals surface area (Å²) in [5.41, 5.74) is 0.740. The van der Waals surface area contributed by atoms with Crippen LogP contribution in [-0.2, 0) is 6.42 Å². The highest BCUT2D eigenvalue weighted by atomic mass is 79.9. The van der Waals surface area contributed by atoms with Crippen LogP contribution in [0.4, 0.5) is 8.78 Å². The van der Waals surface area contributed by atoms with E-state index in [4.69, 9.17) is 11.6 Å². The fourth-order valence-corrected chi connectivity index (χ4v) is 2.42. The minimum atomic E-state index is -0.954. The van der Waals surface area contributed by atoms with Crippen molar-refractivity contribution in [2.24, 2.45) is 0 Å². The van der Waals surface area contributed by atoms with Gasteiger partial charge in [-0.25, -0.2) is 8.78 Å². The van der Waals surface area contributed by atoms with Crippen LogP contribution in [0.2, 0.25) is 5.02 Å². The zero-order valence-corrected chi connectivity index (χ0v) is 12.0. The van der Waals surface area contributed by atoms with E-state index in [9.17, 15) is 13.9 Å². The average Bonchev–Trinajstić information content (AvgIpc) is 2.36. The Morgan fingerprint density at radius 3 is 2.63 bits per heavy atom. The third-order valence-corrected chi connectivity index (χ3v) is 4.08. The highest BCUT2D eigenvalue weighted by molar-refractivity contribution is 9.10. The van der Waals surface area contributed by atoms with Gasteiger partial charge < -0.3 is 5.11 Å². The smallest absolute Gasteiger partial charge is 0.129 e. The van der Waals surface area contributed by atoms with Crippen LogP contribution in [0.1, 0.15) is 17.2 Å². The zero-order chi connectivity index (χ0) is 14.0. The number of rotatable bonds is 3. The fourth-order valence-electron chi connectivity index (χ4n) is 1.78. The molecule has 1 N–H and O–H groups in total. The van der Waals surface area contributed by atoms with Crippen LogP contribution in [-0.4, -0.2) is 5.11 Å². The predicted octanol–water partition coefficient (Wildman–Crippen LogP) is 4.66. The van der Waals surface area contributed by atoms with E-state index in [2.05, 4.69) is 15.9 Å². The van der Waals surface area contributed by atoms with E-state index in [0.29, 0.717) is 15.1 Å². The molecule has 0 aromatic heterocycles. The lowest BCUT2D eigenvalue weighted by Gasteiger charge is -2.14. The van der Waals surface area contributed by atoms with Gasteiger partial charge in [-0.15, -0.1) is 0 Å². The molecule has 2 rings (SSSR count). The molecule has 0 aliphatic rings. The van der Waals surface area contributed by atoms with Crippen molar-refractivity contribution in [3.63, 3.8) is 0 Å². The average molecular weight is 348 g/mol. The van der Waals surface area contributed by atoms with Gasteiger partial charge in [-0.3, -0.25) is 0 Å². The molecule has 0 aliphatic heterocycles. The second-order valence-corrected chi connectivity index (χ2v) is 5.33. The van der Waals surface area contributed by atoms with Gasteiger partial charge in [0.05, 0.1) is 11.1 Å². The number of hydrogen-bond donors (Lipinski definition) is 1. The van der Waals surface area contributed by atoms with Gasteiger partial charge in [0, 0.05) is 22.5 Å². The maximum Gasteiger partial charge on any atom is 0.129 e. The van der Waals surface area contributed by atoms with Crippen molar-refractivity contribution in [2.45, 2.75) is 12.5 Å². The van der Waals surface area contributed by atoms with Gasteiger partial charge in [0.25, 0.3) is 0 Å². The van der Waals surface area contributed by atoms with Crippen LogP contribution in [0, 0.1) is 11.6 Å². The maximum atomic E-state index is 13.5. The molecule has 1 atom stereocenters. The summed E-state index contributed by atoms with van der Waals surface area (Å²) in [6.07, 6.45) is -0.924. The maximum absolute atomic E-state index is 13.5. The second kappa shape index (κ2) is 5.99. The van der Waals surface area contributed by atoms with E-state index in [1.54, 1.807) is 18.2 Å². The monoisotopic (exact) mass is 346 g/mol. The largest absolute Gasteiger partial charge is 0.388 e. The molecule has 1 unspecified atom stereocenters. The quantitative estimate of drug-likeness (QED) is 0.856. The Hall–Kier alpha value is -0.970. The predicted molar refractivity (Wildman–Crippen MR) is 74.2 cm³/mol. The van der Waals surface area contributed by atoms with Gasteiger partial charge in [-0.1, -0.05) is 29.8 Å². The third kappa shape index (κ3) is 3.32. The first kappa shape index (κ1) is 14.4. The van der Waals surface area contributed by atoms with E-state index >= 15 is 0 Å². The summed E-state index contributed by atoms with van der Waals surface area (Å²) >= 11 is 9.32. The molecule has 1 nitrogen and oxygen atoms in total. The molecule has 0 aliphatic carbocycles. The molecule has 0 amide bonds. The van der Waals surface area contributed by atoms with Gasteiger partial charge in [0.15, 0.2) is 0 Å². The Kier molecular flexibility index (Phi) is 4.55. The van der Waals surface area contributed by atoms with Crippen molar-refractivity contribution in [2.75, 3.05) is 0 Å². The van der Waals surface area contributed by atoms with Crippen LogP contribution in [0.15, 0.2) is 40.9 Å². The first-order valence-electron chi connectivity index (χ1n) is 5.55. The normalized spacial score (nSPS) is 12.5. The molecule has 0 radical (unpaired) electrons. The molecule has 0 saturated heterocycles. The molecule has 0 spiro atoms. The van der Waals surface area contributed by atoms with E-state index in [-0.39, 0.29) is 12.0 Å². The second-order valence-electron chi connectivity index (χ2n) is 4.10. The van der Waals surface area contributed by atoms with Gasteiger partial charge in [0.1, 0.15) is 11.6 Å². The van der Waals surface area contributed by atoms with Crippen molar-refractivity contribution in [1.29, 1.82) is 0 Å². The van der Waals surface area contributed by atoms with Crippen molar-refractivity contribution in [3.8, 4) is 0 Å². The SMILES string of the molecule is OC(Cc1ccc(F)cc1F)c1cccc(Br)c1Cl. The lowest BCUT2D eigenvalue weighted by molar-refractivity contribution is 0.177. The van der Waals surface area contributed by atoms with Crippen molar-refractivity contribution >= 4 is 27.5 Å². The minimum absolute atomic E-state index is 0.0300. The molecule has 0 saturated carbocycles. The highest BCUT2D eigenvalue weighted by Gasteiger charge is 2.16. The molecular formula is C14H10BrClF2O. The van der Waals surface area contributed by atoms with Crippen LogP contribution in [0.25, 0.3) is 0 Å². The molecule has 5 heteroatoms. The molecule has 0 fully saturated rings. The van der Waals surface area contributed by atoms with Gasteiger partial charge >= 0.3 is 0 Å². The Morgan fingerprint density at radius 1 is 1.21 bits per heavy atom. The molecule has 100 valence electrons. The first-order chi connectivity index (χ1) is 8.99. The molecule has 19 heavy (non-hydrogen) atoms. The number of halogens is 4. The number of aliphatic hydroxyl groups excluding tert-OH is 1. The Morgan fingerprint density at radius 2 is 1.95 bits per heavy atom. The van der Waals surface area contributed by atoms with Crippen molar-refractivity contribution < 1.29 is 13.9 Å². The standard InChI is InChI=1S/C14H10BrClF2O/c15-11-3-1-2-10(14(11)16)13(19)6-8-4-5-9(17)7-12(8)18/h1-5,7,13,19H,6H2. The Labute approximate surface area is 123 Å². The van der Waals surface area contributed by atoms with Crippen LogP contribution in [0.5, 0.6) is 0 Å². The summed E-state index contributed by atoms with van der Waals surface area (Å²) in [4.78, 5) is 0. The number of aliphatic hydroxyl groups is 1. The van der Waals surface area contributed by atoms with Crippen LogP contribution < -0.4 is 0 Å². The minimum Gasteiger partial charge on any atom is -0.388 e. The molecule has 2 aromatic carbocycles. The van der Waals surface area contributed by atoms with Gasteiger partial charge in [-0.2, -0.15) is 0 Å². The number of hydrogen-bond acceptors (Lipinski definition) is 1. The van der Waals surface area contributed by atoms with Crippen LogP contribution >= 0.6 is 27.5 Å². The van der Waals surface area contributed by atoms with E-state index in [1.165, 1.54) is 6.07 Å². The molecule has 0 heterocycles. The van der Waals surface area contributed by atoms with E-state index in [1.807, 2.05) is 0 Å².